The van der Waals surface area contributed by atoms with E-state index in [4.69, 9.17) is 5.73 Å². The van der Waals surface area contributed by atoms with Gasteiger partial charge in [0, 0.05) is 25.1 Å². The topological polar surface area (TPSA) is 103 Å². The lowest BCUT2D eigenvalue weighted by atomic mass is 10.4. The molecule has 2 aromatic heterocycles. The molecule has 0 aliphatic carbocycles. The van der Waals surface area contributed by atoms with Gasteiger partial charge in [0.05, 0.1) is 18.4 Å². The van der Waals surface area contributed by atoms with E-state index in [0.29, 0.717) is 6.54 Å². The van der Waals surface area contributed by atoms with Gasteiger partial charge in [-0.15, -0.1) is 0 Å². The highest BCUT2D eigenvalue weighted by atomic mass is 32.2. The van der Waals surface area contributed by atoms with Crippen LogP contribution in [0.25, 0.3) is 0 Å². The Balaban J connectivity index is 2.01. The maximum absolute atomic E-state index is 12.0. The molecule has 0 aliphatic rings. The minimum absolute atomic E-state index is 0.00774. The van der Waals surface area contributed by atoms with E-state index in [-0.39, 0.29) is 17.1 Å². The van der Waals surface area contributed by atoms with Crippen LogP contribution in [0.4, 0.5) is 5.69 Å². The van der Waals surface area contributed by atoms with E-state index in [1.807, 2.05) is 13.1 Å². The summed E-state index contributed by atoms with van der Waals surface area (Å²) in [5.74, 6) is 0. The number of hydrogen-bond donors (Lipinski definition) is 2. The molecule has 2 aromatic rings. The van der Waals surface area contributed by atoms with Crippen LogP contribution >= 0.6 is 0 Å². The number of aryl methyl sites for hydroxylation is 1. The SMILES string of the molecule is Cc1cnn(CCNS(=O)(=O)c2cnccc2N)c1. The van der Waals surface area contributed by atoms with Crippen molar-refractivity contribution in [3.05, 3.63) is 36.4 Å². The fraction of sp³-hybridized carbons (Fsp3) is 0.273. The van der Waals surface area contributed by atoms with E-state index in [9.17, 15) is 8.42 Å². The van der Waals surface area contributed by atoms with Gasteiger partial charge >= 0.3 is 0 Å². The monoisotopic (exact) mass is 281 g/mol. The summed E-state index contributed by atoms with van der Waals surface area (Å²) in [4.78, 5) is 3.76. The van der Waals surface area contributed by atoms with E-state index < -0.39 is 10.0 Å². The van der Waals surface area contributed by atoms with Gasteiger partial charge in [0.25, 0.3) is 0 Å². The first kappa shape index (κ1) is 13.5. The predicted molar refractivity (Wildman–Crippen MR) is 70.8 cm³/mol. The first-order chi connectivity index (χ1) is 8.99. The van der Waals surface area contributed by atoms with E-state index in [2.05, 4.69) is 14.8 Å². The number of nitrogens with zero attached hydrogens (tertiary/aromatic N) is 3. The van der Waals surface area contributed by atoms with Gasteiger partial charge in [-0.1, -0.05) is 0 Å². The maximum atomic E-state index is 12.0. The Labute approximate surface area is 111 Å². The summed E-state index contributed by atoms with van der Waals surface area (Å²) in [7, 11) is -3.63. The highest BCUT2D eigenvalue weighted by Gasteiger charge is 2.16. The van der Waals surface area contributed by atoms with Crippen molar-refractivity contribution < 1.29 is 8.42 Å². The molecule has 0 saturated carbocycles. The maximum Gasteiger partial charge on any atom is 0.244 e. The molecular weight excluding hydrogens is 266 g/mol. The number of anilines is 1. The lowest BCUT2D eigenvalue weighted by Crippen LogP contribution is -2.28. The average molecular weight is 281 g/mol. The normalized spacial score (nSPS) is 11.6. The van der Waals surface area contributed by atoms with Crippen LogP contribution in [0.5, 0.6) is 0 Å². The van der Waals surface area contributed by atoms with Crippen molar-refractivity contribution in [3.63, 3.8) is 0 Å². The Morgan fingerprint density at radius 3 is 2.84 bits per heavy atom. The fourth-order valence-corrected chi connectivity index (χ4v) is 2.67. The summed E-state index contributed by atoms with van der Waals surface area (Å²) < 4.78 is 28.1. The second kappa shape index (κ2) is 5.37. The molecule has 0 atom stereocenters. The molecule has 0 radical (unpaired) electrons. The molecule has 2 heterocycles. The van der Waals surface area contributed by atoms with Crippen LogP contribution in [-0.4, -0.2) is 29.7 Å². The quantitative estimate of drug-likeness (QED) is 0.812. The van der Waals surface area contributed by atoms with Crippen LogP contribution in [0.3, 0.4) is 0 Å². The highest BCUT2D eigenvalue weighted by Crippen LogP contribution is 2.14. The number of pyridine rings is 1. The number of aromatic nitrogens is 3. The Morgan fingerprint density at radius 1 is 1.42 bits per heavy atom. The van der Waals surface area contributed by atoms with Crippen LogP contribution in [-0.2, 0) is 16.6 Å². The van der Waals surface area contributed by atoms with Gasteiger partial charge in [-0.3, -0.25) is 9.67 Å². The summed E-state index contributed by atoms with van der Waals surface area (Å²) >= 11 is 0. The fourth-order valence-electron chi connectivity index (χ4n) is 1.58. The molecule has 0 unspecified atom stereocenters. The Hall–Kier alpha value is -1.93. The van der Waals surface area contributed by atoms with Crippen molar-refractivity contribution in [1.82, 2.24) is 19.5 Å². The van der Waals surface area contributed by atoms with E-state index in [1.165, 1.54) is 18.5 Å². The van der Waals surface area contributed by atoms with Crippen LogP contribution in [0.1, 0.15) is 5.56 Å². The number of nitrogens with two attached hydrogens (primary N) is 1. The van der Waals surface area contributed by atoms with Crippen LogP contribution in [0.15, 0.2) is 35.7 Å². The third-order valence-corrected chi connectivity index (χ3v) is 4.01. The Bertz CT molecular complexity index is 665. The molecule has 0 fully saturated rings. The van der Waals surface area contributed by atoms with Gasteiger partial charge in [0.2, 0.25) is 10.0 Å². The van der Waals surface area contributed by atoms with Crippen LogP contribution in [0.2, 0.25) is 0 Å². The molecule has 0 spiro atoms. The van der Waals surface area contributed by atoms with E-state index in [0.717, 1.165) is 5.56 Å². The lowest BCUT2D eigenvalue weighted by Gasteiger charge is -2.08. The second-order valence-electron chi connectivity index (χ2n) is 4.09. The summed E-state index contributed by atoms with van der Waals surface area (Å²) in [5.41, 5.74) is 6.82. The first-order valence-corrected chi connectivity index (χ1v) is 7.15. The molecule has 0 bridgehead atoms. The molecule has 2 rings (SSSR count). The van der Waals surface area contributed by atoms with Crippen molar-refractivity contribution in [2.24, 2.45) is 0 Å². The highest BCUT2D eigenvalue weighted by molar-refractivity contribution is 7.89. The summed E-state index contributed by atoms with van der Waals surface area (Å²) in [5, 5.41) is 4.07. The number of nitrogens with one attached hydrogen (secondary N) is 1. The van der Waals surface area contributed by atoms with E-state index >= 15 is 0 Å². The van der Waals surface area contributed by atoms with Gasteiger partial charge in [0.15, 0.2) is 0 Å². The zero-order valence-corrected chi connectivity index (χ0v) is 11.3. The molecular formula is C11H15N5O2S. The number of nitrogen functional groups attached to an aromatic ring is 1. The molecule has 0 amide bonds. The summed E-state index contributed by atoms with van der Waals surface area (Å²) in [6.07, 6.45) is 6.23. The van der Waals surface area contributed by atoms with Gasteiger partial charge in [-0.25, -0.2) is 13.1 Å². The Morgan fingerprint density at radius 2 is 2.21 bits per heavy atom. The van der Waals surface area contributed by atoms with E-state index in [1.54, 1.807) is 10.9 Å². The molecule has 0 saturated heterocycles. The number of rotatable bonds is 5. The third-order valence-electron chi connectivity index (χ3n) is 2.50. The molecule has 8 heteroatoms. The molecule has 0 aliphatic heterocycles. The second-order valence-corrected chi connectivity index (χ2v) is 5.83. The number of hydrogen-bond acceptors (Lipinski definition) is 5. The zero-order chi connectivity index (χ0) is 13.9. The van der Waals surface area contributed by atoms with Crippen molar-refractivity contribution in [3.8, 4) is 0 Å². The van der Waals surface area contributed by atoms with Crippen molar-refractivity contribution in [2.75, 3.05) is 12.3 Å². The summed E-state index contributed by atoms with van der Waals surface area (Å²) in [6, 6.07) is 1.45. The van der Waals surface area contributed by atoms with Gasteiger partial charge in [-0.05, 0) is 18.6 Å². The number of sulfonamides is 1. The van der Waals surface area contributed by atoms with Crippen molar-refractivity contribution in [1.29, 1.82) is 0 Å². The molecule has 19 heavy (non-hydrogen) atoms. The molecule has 3 N–H and O–H groups in total. The van der Waals surface area contributed by atoms with Gasteiger partial charge in [0.1, 0.15) is 4.90 Å². The largest absolute Gasteiger partial charge is 0.398 e. The van der Waals surface area contributed by atoms with Crippen LogP contribution < -0.4 is 10.5 Å². The standard InChI is InChI=1S/C11H15N5O2S/c1-9-6-14-16(8-9)5-4-15-19(17,18)11-7-13-3-2-10(11)12/h2-3,6-8,15H,4-5H2,1H3,(H2,12,13). The lowest BCUT2D eigenvalue weighted by molar-refractivity contribution is 0.561. The molecule has 7 nitrogen and oxygen atoms in total. The van der Waals surface area contributed by atoms with Crippen LogP contribution in [0, 0.1) is 6.92 Å². The minimum atomic E-state index is -3.63. The van der Waals surface area contributed by atoms with Crippen molar-refractivity contribution in [2.45, 2.75) is 18.4 Å². The van der Waals surface area contributed by atoms with Gasteiger partial charge in [-0.2, -0.15) is 5.10 Å². The first-order valence-electron chi connectivity index (χ1n) is 5.67. The van der Waals surface area contributed by atoms with Gasteiger partial charge < -0.3 is 5.73 Å². The zero-order valence-electron chi connectivity index (χ0n) is 10.4. The predicted octanol–water partition coefficient (Wildman–Crippen LogP) is 0.147. The summed E-state index contributed by atoms with van der Waals surface area (Å²) in [6.45, 7) is 2.61. The Kier molecular flexibility index (Phi) is 3.82. The molecule has 0 aromatic carbocycles. The smallest absolute Gasteiger partial charge is 0.244 e. The molecule has 102 valence electrons. The van der Waals surface area contributed by atoms with Crippen molar-refractivity contribution >= 4 is 15.7 Å². The third kappa shape index (κ3) is 3.30. The average Bonchev–Trinajstić information content (AvgIpc) is 2.75. The minimum Gasteiger partial charge on any atom is -0.398 e.